The molecule has 2 atom stereocenters. The van der Waals surface area contributed by atoms with Crippen LogP contribution >= 0.6 is 0 Å². The van der Waals surface area contributed by atoms with Gasteiger partial charge in [0.25, 0.3) is 0 Å². The molecule has 1 aromatic carbocycles. The number of rotatable bonds is 6. The maximum Gasteiger partial charge on any atom is 0.388 e. The van der Waals surface area contributed by atoms with Crippen LogP contribution in [0.15, 0.2) is 18.2 Å². The Morgan fingerprint density at radius 2 is 1.95 bits per heavy atom. The molecule has 0 radical (unpaired) electrons. The van der Waals surface area contributed by atoms with Crippen LogP contribution in [0.4, 0.5) is 11.4 Å². The van der Waals surface area contributed by atoms with Crippen LogP contribution in [-0.4, -0.2) is 21.9 Å². The summed E-state index contributed by atoms with van der Waals surface area (Å²) in [6, 6.07) is 2.31. The molecule has 0 heterocycles. The zero-order valence-electron chi connectivity index (χ0n) is 11.5. The summed E-state index contributed by atoms with van der Waals surface area (Å²) in [4.78, 5) is 31.7. The van der Waals surface area contributed by atoms with Gasteiger partial charge in [-0.15, -0.1) is 0 Å². The zero-order chi connectivity index (χ0) is 16.2. The van der Waals surface area contributed by atoms with E-state index in [1.54, 1.807) is 6.92 Å². The van der Waals surface area contributed by atoms with Gasteiger partial charge in [-0.25, -0.2) is 4.79 Å². The van der Waals surface area contributed by atoms with E-state index in [9.17, 15) is 25.0 Å². The van der Waals surface area contributed by atoms with E-state index in [1.165, 1.54) is 6.07 Å². The number of para-hydroxylation sites is 1. The topological polar surface area (TPSA) is 139 Å². The molecule has 114 valence electrons. The molecular formula is C12H15N3O6. The molecule has 0 saturated carbocycles. The molecule has 0 aromatic heterocycles. The highest BCUT2D eigenvalue weighted by Crippen LogP contribution is 2.36. The molecule has 0 fully saturated rings. The molecule has 0 saturated heterocycles. The number of nitro benzene ring substituents is 2. The Bertz CT molecular complexity index is 574. The number of esters is 1. The van der Waals surface area contributed by atoms with Gasteiger partial charge in [0.2, 0.25) is 5.75 Å². The number of carbonyl (C=O) groups excluding carboxylic acids is 1. The fourth-order valence-electron chi connectivity index (χ4n) is 1.59. The van der Waals surface area contributed by atoms with E-state index in [2.05, 4.69) is 0 Å². The van der Waals surface area contributed by atoms with Gasteiger partial charge in [-0.3, -0.25) is 20.2 Å². The van der Waals surface area contributed by atoms with Gasteiger partial charge in [-0.05, 0) is 12.0 Å². The van der Waals surface area contributed by atoms with Crippen molar-refractivity contribution in [3.05, 3.63) is 38.4 Å². The van der Waals surface area contributed by atoms with Crippen molar-refractivity contribution in [2.45, 2.75) is 26.3 Å². The summed E-state index contributed by atoms with van der Waals surface area (Å²) >= 11 is 0. The monoisotopic (exact) mass is 297 g/mol. The van der Waals surface area contributed by atoms with Crippen molar-refractivity contribution in [3.63, 3.8) is 0 Å². The Balaban J connectivity index is 3.14. The highest BCUT2D eigenvalue weighted by atomic mass is 16.6. The Hall–Kier alpha value is -2.55. The number of nitrogens with zero attached hydrogens (tertiary/aromatic N) is 2. The highest BCUT2D eigenvalue weighted by molar-refractivity contribution is 5.80. The zero-order valence-corrected chi connectivity index (χ0v) is 11.5. The van der Waals surface area contributed by atoms with Crippen molar-refractivity contribution < 1.29 is 19.4 Å². The number of nitro groups is 2. The minimum absolute atomic E-state index is 0.185. The number of benzene rings is 1. The van der Waals surface area contributed by atoms with Crippen molar-refractivity contribution >= 4 is 17.3 Å². The molecule has 0 aliphatic carbocycles. The van der Waals surface area contributed by atoms with Crippen molar-refractivity contribution in [1.29, 1.82) is 0 Å². The van der Waals surface area contributed by atoms with Gasteiger partial charge in [0.05, 0.1) is 9.85 Å². The average Bonchev–Trinajstić information content (AvgIpc) is 2.44. The van der Waals surface area contributed by atoms with Crippen molar-refractivity contribution in [2.75, 3.05) is 0 Å². The van der Waals surface area contributed by atoms with Crippen molar-refractivity contribution in [3.8, 4) is 5.75 Å². The first kappa shape index (κ1) is 16.5. The van der Waals surface area contributed by atoms with E-state index < -0.39 is 39.0 Å². The summed E-state index contributed by atoms with van der Waals surface area (Å²) in [6.07, 6.45) is 0.618. The van der Waals surface area contributed by atoms with E-state index in [0.29, 0.717) is 6.42 Å². The van der Waals surface area contributed by atoms with Crippen LogP contribution in [-0.2, 0) is 4.79 Å². The predicted octanol–water partition coefficient (Wildman–Crippen LogP) is 1.78. The lowest BCUT2D eigenvalue weighted by Gasteiger charge is -2.16. The summed E-state index contributed by atoms with van der Waals surface area (Å²) in [6.45, 7) is 3.56. The Morgan fingerprint density at radius 1 is 1.33 bits per heavy atom. The second-order valence-electron chi connectivity index (χ2n) is 4.47. The van der Waals surface area contributed by atoms with Crippen molar-refractivity contribution in [1.82, 2.24) is 0 Å². The average molecular weight is 297 g/mol. The number of carbonyl (C=O) groups is 1. The minimum atomic E-state index is -0.964. The number of ether oxygens (including phenoxy) is 1. The van der Waals surface area contributed by atoms with Crippen molar-refractivity contribution in [2.24, 2.45) is 11.7 Å². The predicted molar refractivity (Wildman–Crippen MR) is 72.8 cm³/mol. The molecule has 21 heavy (non-hydrogen) atoms. The van der Waals surface area contributed by atoms with Crippen LogP contribution in [0.3, 0.4) is 0 Å². The first-order valence-electron chi connectivity index (χ1n) is 6.18. The van der Waals surface area contributed by atoms with Gasteiger partial charge in [0.1, 0.15) is 6.04 Å². The van der Waals surface area contributed by atoms with E-state index >= 15 is 0 Å². The summed E-state index contributed by atoms with van der Waals surface area (Å²) in [5.74, 6) is -1.54. The lowest BCUT2D eigenvalue weighted by Crippen LogP contribution is -2.39. The molecule has 9 heteroatoms. The third-order valence-electron chi connectivity index (χ3n) is 3.10. The van der Waals surface area contributed by atoms with E-state index in [-0.39, 0.29) is 5.92 Å². The first-order chi connectivity index (χ1) is 9.79. The number of hydrogen-bond donors (Lipinski definition) is 1. The largest absolute Gasteiger partial charge is 0.418 e. The third kappa shape index (κ3) is 3.72. The maximum absolute atomic E-state index is 11.8. The standard InChI is InChI=1S/C12H15N3O6/c1-3-7(2)10(13)12(16)21-9-6-4-5-8(14(17)18)11(9)15(19)20/h4-7,10H,3,13H2,1-2H3/t7-,10-/m0/s1. The maximum atomic E-state index is 11.8. The summed E-state index contributed by atoms with van der Waals surface area (Å²) in [7, 11) is 0. The SMILES string of the molecule is CC[C@H](C)[C@H](N)C(=O)Oc1cccc([N+](=O)[O-])c1[N+](=O)[O-]. The van der Waals surface area contributed by atoms with Gasteiger partial charge in [-0.2, -0.15) is 0 Å². The van der Waals surface area contributed by atoms with Crippen LogP contribution in [0.5, 0.6) is 5.75 Å². The minimum Gasteiger partial charge on any atom is -0.418 e. The Kier molecular flexibility index (Phi) is 5.30. The molecule has 1 aromatic rings. The van der Waals surface area contributed by atoms with Crippen LogP contribution in [0.1, 0.15) is 20.3 Å². The fourth-order valence-corrected chi connectivity index (χ4v) is 1.59. The molecular weight excluding hydrogens is 282 g/mol. The Labute approximate surface area is 120 Å². The van der Waals surface area contributed by atoms with E-state index in [0.717, 1.165) is 12.1 Å². The molecule has 0 aliphatic heterocycles. The van der Waals surface area contributed by atoms with Crippen LogP contribution < -0.4 is 10.5 Å². The lowest BCUT2D eigenvalue weighted by molar-refractivity contribution is -0.423. The molecule has 2 N–H and O–H groups in total. The van der Waals surface area contributed by atoms with Crippen LogP contribution in [0.2, 0.25) is 0 Å². The van der Waals surface area contributed by atoms with E-state index in [1.807, 2.05) is 6.92 Å². The molecule has 0 spiro atoms. The van der Waals surface area contributed by atoms with Gasteiger partial charge < -0.3 is 10.5 Å². The smallest absolute Gasteiger partial charge is 0.388 e. The fraction of sp³-hybridized carbons (Fsp3) is 0.417. The molecule has 0 bridgehead atoms. The second kappa shape index (κ2) is 6.75. The molecule has 0 unspecified atom stereocenters. The van der Waals surface area contributed by atoms with Gasteiger partial charge >= 0.3 is 17.3 Å². The summed E-state index contributed by atoms with van der Waals surface area (Å²) in [5, 5.41) is 21.8. The Morgan fingerprint density at radius 3 is 2.43 bits per heavy atom. The third-order valence-corrected chi connectivity index (χ3v) is 3.10. The molecule has 1 rings (SSSR count). The normalized spacial score (nSPS) is 13.3. The molecule has 9 nitrogen and oxygen atoms in total. The van der Waals surface area contributed by atoms with Gasteiger partial charge in [0, 0.05) is 6.07 Å². The molecule has 0 aliphatic rings. The summed E-state index contributed by atoms with van der Waals surface area (Å²) < 4.78 is 4.87. The summed E-state index contributed by atoms with van der Waals surface area (Å²) in [5.41, 5.74) is 4.05. The first-order valence-corrected chi connectivity index (χ1v) is 6.18. The van der Waals surface area contributed by atoms with E-state index in [4.69, 9.17) is 10.5 Å². The van der Waals surface area contributed by atoms with Gasteiger partial charge in [0.15, 0.2) is 0 Å². The lowest BCUT2D eigenvalue weighted by atomic mass is 10.0. The van der Waals surface area contributed by atoms with Crippen LogP contribution in [0.25, 0.3) is 0 Å². The number of hydrogen-bond acceptors (Lipinski definition) is 7. The molecule has 0 amide bonds. The highest BCUT2D eigenvalue weighted by Gasteiger charge is 2.32. The van der Waals surface area contributed by atoms with Gasteiger partial charge in [-0.1, -0.05) is 26.3 Å². The second-order valence-corrected chi connectivity index (χ2v) is 4.47. The van der Waals surface area contributed by atoms with Crippen LogP contribution in [0, 0.1) is 26.1 Å². The quantitative estimate of drug-likeness (QED) is 0.365. The number of nitrogens with two attached hydrogens (primary N) is 1.